The zero-order valence-corrected chi connectivity index (χ0v) is 13.9. The Kier molecular flexibility index (Phi) is 4.95. The summed E-state index contributed by atoms with van der Waals surface area (Å²) in [6, 6.07) is 18.7. The fourth-order valence-electron chi connectivity index (χ4n) is 2.61. The summed E-state index contributed by atoms with van der Waals surface area (Å²) < 4.78 is 5.45. The third-order valence-electron chi connectivity index (χ3n) is 3.75. The molecule has 0 aliphatic carbocycles. The van der Waals surface area contributed by atoms with Gasteiger partial charge in [0.25, 0.3) is 5.91 Å². The molecular weight excluding hydrogens is 314 g/mol. The summed E-state index contributed by atoms with van der Waals surface area (Å²) in [5.74, 6) is 5.74. The van der Waals surface area contributed by atoms with E-state index in [2.05, 4.69) is 10.4 Å². The first kappa shape index (κ1) is 16.5. The Morgan fingerprint density at radius 2 is 1.92 bits per heavy atom. The Bertz CT molecular complexity index is 935. The molecule has 0 radical (unpaired) electrons. The van der Waals surface area contributed by atoms with Gasteiger partial charge in [-0.25, -0.2) is 0 Å². The van der Waals surface area contributed by atoms with Gasteiger partial charge in [-0.15, -0.1) is 0 Å². The smallest absolute Gasteiger partial charge is 0.255 e. The number of amides is 1. The molecule has 0 atom stereocenters. The van der Waals surface area contributed by atoms with Crippen molar-refractivity contribution in [3.63, 3.8) is 0 Å². The maximum Gasteiger partial charge on any atom is 0.255 e. The molecule has 0 fully saturated rings. The number of hydrazone groups is 1. The van der Waals surface area contributed by atoms with Gasteiger partial charge in [0.2, 0.25) is 0 Å². The van der Waals surface area contributed by atoms with Crippen LogP contribution >= 0.6 is 0 Å². The molecule has 25 heavy (non-hydrogen) atoms. The summed E-state index contributed by atoms with van der Waals surface area (Å²) >= 11 is 0. The molecule has 0 saturated heterocycles. The van der Waals surface area contributed by atoms with Crippen LogP contribution in [0.25, 0.3) is 10.8 Å². The molecule has 0 spiro atoms. The number of fused-ring (bicyclic) bond motifs is 1. The number of hydrogen-bond donors (Lipinski definition) is 2. The second-order valence-corrected chi connectivity index (χ2v) is 5.51. The molecule has 3 aromatic carbocycles. The average Bonchev–Trinajstić information content (AvgIpc) is 2.62. The number of benzene rings is 3. The zero-order chi connectivity index (χ0) is 17.6. The lowest BCUT2D eigenvalue weighted by Gasteiger charge is -2.09. The standard InChI is InChI=1S/C20H19N3O2/c1-2-25-19-5-3-4-18(12-19)23-20(24)17-9-8-15-10-14(13-22-21)6-7-16(15)11-17/h3-13H,2,21H2,1H3,(H,23,24). The van der Waals surface area contributed by atoms with Crippen LogP contribution in [0.4, 0.5) is 5.69 Å². The lowest BCUT2D eigenvalue weighted by molar-refractivity contribution is 0.102. The molecule has 5 nitrogen and oxygen atoms in total. The summed E-state index contributed by atoms with van der Waals surface area (Å²) in [7, 11) is 0. The SMILES string of the molecule is CCOc1cccc(NC(=O)c2ccc3cc(C=NN)ccc3c2)c1. The lowest BCUT2D eigenvalue weighted by atomic mass is 10.0. The van der Waals surface area contributed by atoms with Gasteiger partial charge >= 0.3 is 0 Å². The highest BCUT2D eigenvalue weighted by molar-refractivity contribution is 6.06. The molecule has 3 aromatic rings. The van der Waals surface area contributed by atoms with Gasteiger partial charge in [0, 0.05) is 17.3 Å². The third kappa shape index (κ3) is 3.95. The predicted octanol–water partition coefficient (Wildman–Crippen LogP) is 3.78. The Labute approximate surface area is 146 Å². The molecule has 0 unspecified atom stereocenters. The van der Waals surface area contributed by atoms with Gasteiger partial charge in [-0.2, -0.15) is 5.10 Å². The van der Waals surface area contributed by atoms with E-state index in [1.54, 1.807) is 18.3 Å². The number of hydrogen-bond acceptors (Lipinski definition) is 4. The van der Waals surface area contributed by atoms with Crippen molar-refractivity contribution in [1.29, 1.82) is 0 Å². The minimum absolute atomic E-state index is 0.164. The van der Waals surface area contributed by atoms with Crippen molar-refractivity contribution < 1.29 is 9.53 Å². The summed E-state index contributed by atoms with van der Waals surface area (Å²) in [4.78, 5) is 12.5. The van der Waals surface area contributed by atoms with Gasteiger partial charge in [0.1, 0.15) is 5.75 Å². The highest BCUT2D eigenvalue weighted by atomic mass is 16.5. The van der Waals surface area contributed by atoms with E-state index < -0.39 is 0 Å². The summed E-state index contributed by atoms with van der Waals surface area (Å²) in [5, 5.41) is 8.42. The lowest BCUT2D eigenvalue weighted by Crippen LogP contribution is -2.11. The molecule has 0 aliphatic rings. The van der Waals surface area contributed by atoms with Gasteiger partial charge in [-0.3, -0.25) is 4.79 Å². The van der Waals surface area contributed by atoms with Crippen LogP contribution in [-0.2, 0) is 0 Å². The monoisotopic (exact) mass is 333 g/mol. The Balaban J connectivity index is 1.82. The van der Waals surface area contributed by atoms with Crippen LogP contribution in [0.15, 0.2) is 65.8 Å². The highest BCUT2D eigenvalue weighted by Crippen LogP contribution is 2.20. The van der Waals surface area contributed by atoms with Crippen molar-refractivity contribution >= 4 is 28.6 Å². The third-order valence-corrected chi connectivity index (χ3v) is 3.75. The zero-order valence-electron chi connectivity index (χ0n) is 13.9. The van der Waals surface area contributed by atoms with Crippen molar-refractivity contribution in [2.24, 2.45) is 10.9 Å². The van der Waals surface area contributed by atoms with Crippen LogP contribution in [0.3, 0.4) is 0 Å². The molecule has 3 N–H and O–H groups in total. The van der Waals surface area contributed by atoms with Crippen molar-refractivity contribution in [2.45, 2.75) is 6.92 Å². The number of anilines is 1. The second kappa shape index (κ2) is 7.49. The van der Waals surface area contributed by atoms with E-state index in [0.29, 0.717) is 17.9 Å². The fourth-order valence-corrected chi connectivity index (χ4v) is 2.61. The number of nitrogens with one attached hydrogen (secondary N) is 1. The Morgan fingerprint density at radius 3 is 2.72 bits per heavy atom. The maximum absolute atomic E-state index is 12.5. The number of nitrogens with two attached hydrogens (primary N) is 1. The van der Waals surface area contributed by atoms with Crippen molar-refractivity contribution in [1.82, 2.24) is 0 Å². The summed E-state index contributed by atoms with van der Waals surface area (Å²) in [5.41, 5.74) is 2.21. The number of ether oxygens (including phenoxy) is 1. The number of nitrogens with zero attached hydrogens (tertiary/aromatic N) is 1. The topological polar surface area (TPSA) is 76.7 Å². The van der Waals surface area contributed by atoms with E-state index in [9.17, 15) is 4.79 Å². The van der Waals surface area contributed by atoms with Crippen LogP contribution in [0, 0.1) is 0 Å². The quantitative estimate of drug-likeness (QED) is 0.424. The van der Waals surface area contributed by atoms with Gasteiger partial charge < -0.3 is 15.9 Å². The number of carbonyl (C=O) groups excluding carboxylic acids is 1. The van der Waals surface area contributed by atoms with E-state index in [-0.39, 0.29) is 5.91 Å². The Hall–Kier alpha value is -3.34. The molecule has 0 aromatic heterocycles. The van der Waals surface area contributed by atoms with Crippen molar-refractivity contribution in [3.8, 4) is 5.75 Å². The minimum Gasteiger partial charge on any atom is -0.494 e. The van der Waals surface area contributed by atoms with Crippen molar-refractivity contribution in [3.05, 3.63) is 71.8 Å². The van der Waals surface area contributed by atoms with Crippen LogP contribution in [0.2, 0.25) is 0 Å². The van der Waals surface area contributed by atoms with E-state index >= 15 is 0 Å². The normalized spacial score (nSPS) is 10.9. The molecule has 0 aliphatic heterocycles. The number of rotatable bonds is 5. The van der Waals surface area contributed by atoms with E-state index in [0.717, 1.165) is 22.1 Å². The summed E-state index contributed by atoms with van der Waals surface area (Å²) in [6.45, 7) is 2.50. The van der Waals surface area contributed by atoms with Gasteiger partial charge in [-0.1, -0.05) is 24.3 Å². The minimum atomic E-state index is -0.164. The number of carbonyl (C=O) groups is 1. The Morgan fingerprint density at radius 1 is 1.12 bits per heavy atom. The molecule has 126 valence electrons. The molecular formula is C20H19N3O2. The fraction of sp³-hybridized carbons (Fsp3) is 0.100. The van der Waals surface area contributed by atoms with E-state index in [1.807, 2.05) is 55.5 Å². The molecule has 1 amide bonds. The molecule has 3 rings (SSSR count). The van der Waals surface area contributed by atoms with Crippen LogP contribution in [0.5, 0.6) is 5.75 Å². The van der Waals surface area contributed by atoms with Crippen LogP contribution in [-0.4, -0.2) is 18.7 Å². The molecule has 0 bridgehead atoms. The largest absolute Gasteiger partial charge is 0.494 e. The second-order valence-electron chi connectivity index (χ2n) is 5.51. The van der Waals surface area contributed by atoms with Crippen LogP contribution in [0.1, 0.15) is 22.8 Å². The van der Waals surface area contributed by atoms with E-state index in [4.69, 9.17) is 10.6 Å². The van der Waals surface area contributed by atoms with E-state index in [1.165, 1.54) is 0 Å². The van der Waals surface area contributed by atoms with Crippen LogP contribution < -0.4 is 15.9 Å². The van der Waals surface area contributed by atoms with Gasteiger partial charge in [0.15, 0.2) is 0 Å². The first-order valence-corrected chi connectivity index (χ1v) is 8.01. The van der Waals surface area contributed by atoms with Gasteiger partial charge in [-0.05, 0) is 53.6 Å². The summed E-state index contributed by atoms with van der Waals surface area (Å²) in [6.07, 6.45) is 1.59. The predicted molar refractivity (Wildman–Crippen MR) is 101 cm³/mol. The first-order chi connectivity index (χ1) is 12.2. The average molecular weight is 333 g/mol. The molecule has 0 saturated carbocycles. The first-order valence-electron chi connectivity index (χ1n) is 8.01. The molecule has 5 heteroatoms. The molecule has 0 heterocycles. The van der Waals surface area contributed by atoms with Crippen molar-refractivity contribution in [2.75, 3.05) is 11.9 Å². The van der Waals surface area contributed by atoms with Gasteiger partial charge in [0.05, 0.1) is 12.8 Å². The highest BCUT2D eigenvalue weighted by Gasteiger charge is 2.08. The maximum atomic E-state index is 12.5.